The molecule has 0 saturated heterocycles. The minimum absolute atomic E-state index is 0.0323. The first-order chi connectivity index (χ1) is 8.79. The lowest BCUT2D eigenvalue weighted by Gasteiger charge is -2.20. The van der Waals surface area contributed by atoms with E-state index >= 15 is 0 Å². The first kappa shape index (κ1) is 13.2. The molecule has 0 aliphatic carbocycles. The van der Waals surface area contributed by atoms with Gasteiger partial charge in [-0.15, -0.1) is 0 Å². The van der Waals surface area contributed by atoms with Crippen LogP contribution >= 0.6 is 11.6 Å². The van der Waals surface area contributed by atoms with E-state index in [4.69, 9.17) is 16.3 Å². The van der Waals surface area contributed by atoms with Gasteiger partial charge in [-0.3, -0.25) is 4.99 Å². The lowest BCUT2D eigenvalue weighted by molar-refractivity contribution is 0.106. The molecule has 1 atom stereocenters. The van der Waals surface area contributed by atoms with Crippen LogP contribution in [0, 0.1) is 0 Å². The van der Waals surface area contributed by atoms with Crippen LogP contribution in [-0.4, -0.2) is 32.7 Å². The molecule has 2 N–H and O–H groups in total. The highest BCUT2D eigenvalue weighted by molar-refractivity contribution is 6.30. The van der Waals surface area contributed by atoms with E-state index in [1.807, 2.05) is 24.3 Å². The number of hydrogen-bond donors (Lipinski definition) is 2. The van der Waals surface area contributed by atoms with Crippen LogP contribution in [0.15, 0.2) is 29.3 Å². The second-order valence-electron chi connectivity index (χ2n) is 4.17. The van der Waals surface area contributed by atoms with Crippen LogP contribution in [0.25, 0.3) is 0 Å². The quantitative estimate of drug-likeness (QED) is 0.877. The molecule has 1 aromatic rings. The standard InChI is InChI=1S/C13H18ClN3O/c1-18-12(10-4-2-5-11(14)8-10)9-17-13-15-6-3-7-16-13/h2,4-5,8,12H,3,6-7,9H2,1H3,(H2,15,16,17). The second-order valence-corrected chi connectivity index (χ2v) is 4.61. The first-order valence-electron chi connectivity index (χ1n) is 6.10. The van der Waals surface area contributed by atoms with Crippen LogP contribution in [0.3, 0.4) is 0 Å². The molecular formula is C13H18ClN3O. The van der Waals surface area contributed by atoms with Crippen molar-refractivity contribution in [3.8, 4) is 0 Å². The number of hydrogen-bond acceptors (Lipinski definition) is 4. The Morgan fingerprint density at radius 1 is 1.56 bits per heavy atom. The molecule has 5 heteroatoms. The maximum atomic E-state index is 5.98. The lowest BCUT2D eigenvalue weighted by atomic mass is 10.1. The summed E-state index contributed by atoms with van der Waals surface area (Å²) in [7, 11) is 1.70. The third-order valence-electron chi connectivity index (χ3n) is 2.86. The van der Waals surface area contributed by atoms with Crippen molar-refractivity contribution in [2.45, 2.75) is 12.5 Å². The summed E-state index contributed by atoms with van der Waals surface area (Å²) < 4.78 is 5.48. The highest BCUT2D eigenvalue weighted by atomic mass is 35.5. The van der Waals surface area contributed by atoms with Crippen LogP contribution in [-0.2, 0) is 4.74 Å². The number of guanidine groups is 1. The predicted molar refractivity (Wildman–Crippen MR) is 74.1 cm³/mol. The van der Waals surface area contributed by atoms with Crippen molar-refractivity contribution in [2.24, 2.45) is 4.99 Å². The zero-order valence-electron chi connectivity index (χ0n) is 10.4. The highest BCUT2D eigenvalue weighted by Crippen LogP contribution is 2.19. The molecule has 0 aromatic heterocycles. The molecule has 1 heterocycles. The molecule has 2 rings (SSSR count). The maximum absolute atomic E-state index is 5.98. The summed E-state index contributed by atoms with van der Waals surface area (Å²) >= 11 is 5.98. The molecule has 0 radical (unpaired) electrons. The van der Waals surface area contributed by atoms with Gasteiger partial charge in [0.25, 0.3) is 0 Å². The molecular weight excluding hydrogens is 250 g/mol. The molecule has 0 spiro atoms. The third kappa shape index (κ3) is 3.62. The maximum Gasteiger partial charge on any atom is 0.191 e. The van der Waals surface area contributed by atoms with E-state index in [-0.39, 0.29) is 6.10 Å². The van der Waals surface area contributed by atoms with E-state index in [2.05, 4.69) is 15.6 Å². The largest absolute Gasteiger partial charge is 0.375 e. The summed E-state index contributed by atoms with van der Waals surface area (Å²) in [5, 5.41) is 7.20. The Balaban J connectivity index is 1.95. The molecule has 0 amide bonds. The fraction of sp³-hybridized carbons (Fsp3) is 0.462. The van der Waals surface area contributed by atoms with Crippen molar-refractivity contribution in [3.63, 3.8) is 0 Å². The summed E-state index contributed by atoms with van der Waals surface area (Å²) in [6.45, 7) is 2.52. The molecule has 1 aromatic carbocycles. The number of halogens is 1. The Kier molecular flexibility index (Phi) is 4.84. The number of ether oxygens (including phenoxy) is 1. The smallest absolute Gasteiger partial charge is 0.191 e. The molecule has 1 aliphatic heterocycles. The average molecular weight is 268 g/mol. The van der Waals surface area contributed by atoms with E-state index in [9.17, 15) is 0 Å². The Bertz CT molecular complexity index is 422. The number of nitrogens with one attached hydrogen (secondary N) is 2. The first-order valence-corrected chi connectivity index (χ1v) is 6.48. The van der Waals surface area contributed by atoms with Gasteiger partial charge in [0.05, 0.1) is 6.10 Å². The van der Waals surface area contributed by atoms with E-state index in [0.717, 1.165) is 36.1 Å². The van der Waals surface area contributed by atoms with Gasteiger partial charge in [0, 0.05) is 31.8 Å². The zero-order valence-corrected chi connectivity index (χ0v) is 11.2. The Morgan fingerprint density at radius 3 is 3.11 bits per heavy atom. The Hall–Kier alpha value is -1.26. The van der Waals surface area contributed by atoms with Crippen molar-refractivity contribution in [1.29, 1.82) is 0 Å². The molecule has 1 aliphatic rings. The second kappa shape index (κ2) is 6.61. The van der Waals surface area contributed by atoms with E-state index < -0.39 is 0 Å². The highest BCUT2D eigenvalue weighted by Gasteiger charge is 2.12. The lowest BCUT2D eigenvalue weighted by Crippen LogP contribution is -2.42. The van der Waals surface area contributed by atoms with Gasteiger partial charge < -0.3 is 15.4 Å². The van der Waals surface area contributed by atoms with Gasteiger partial charge in [-0.25, -0.2) is 0 Å². The number of methoxy groups -OCH3 is 1. The van der Waals surface area contributed by atoms with Crippen LogP contribution in [0.2, 0.25) is 5.02 Å². The van der Waals surface area contributed by atoms with Crippen molar-refractivity contribution >= 4 is 17.6 Å². The van der Waals surface area contributed by atoms with Gasteiger partial charge in [0.15, 0.2) is 5.96 Å². The number of rotatable bonds is 4. The van der Waals surface area contributed by atoms with Crippen molar-refractivity contribution < 1.29 is 4.74 Å². The number of aliphatic imine (C=N–C) groups is 1. The monoisotopic (exact) mass is 267 g/mol. The zero-order chi connectivity index (χ0) is 12.8. The van der Waals surface area contributed by atoms with Crippen LogP contribution in [0.4, 0.5) is 0 Å². The Labute approximate surface area is 112 Å². The average Bonchev–Trinajstić information content (AvgIpc) is 2.41. The number of nitrogens with zero attached hydrogens (tertiary/aromatic N) is 1. The minimum Gasteiger partial charge on any atom is -0.375 e. The molecule has 18 heavy (non-hydrogen) atoms. The van der Waals surface area contributed by atoms with Crippen LogP contribution in [0.1, 0.15) is 18.1 Å². The minimum atomic E-state index is -0.0323. The van der Waals surface area contributed by atoms with Crippen molar-refractivity contribution in [3.05, 3.63) is 34.9 Å². The summed E-state index contributed by atoms with van der Waals surface area (Å²) in [5.41, 5.74) is 1.06. The summed E-state index contributed by atoms with van der Waals surface area (Å²) in [6.07, 6.45) is 1.06. The topological polar surface area (TPSA) is 45.6 Å². The molecule has 1 unspecified atom stereocenters. The van der Waals surface area contributed by atoms with Gasteiger partial charge in [-0.1, -0.05) is 23.7 Å². The molecule has 4 nitrogen and oxygen atoms in total. The van der Waals surface area contributed by atoms with Crippen molar-refractivity contribution in [2.75, 3.05) is 26.7 Å². The summed E-state index contributed by atoms with van der Waals surface area (Å²) in [4.78, 5) is 4.36. The van der Waals surface area contributed by atoms with E-state index in [1.54, 1.807) is 7.11 Å². The fourth-order valence-electron chi connectivity index (χ4n) is 1.88. The van der Waals surface area contributed by atoms with Crippen LogP contribution < -0.4 is 10.6 Å². The molecule has 0 bridgehead atoms. The van der Waals surface area contributed by atoms with Gasteiger partial charge in [0.2, 0.25) is 0 Å². The SMILES string of the molecule is COC(CNC1=NCCCN1)c1cccc(Cl)c1. The molecule has 98 valence electrons. The van der Waals surface area contributed by atoms with E-state index in [1.165, 1.54) is 0 Å². The summed E-state index contributed by atoms with van der Waals surface area (Å²) in [6, 6.07) is 7.73. The van der Waals surface area contributed by atoms with Gasteiger partial charge in [-0.05, 0) is 24.1 Å². The summed E-state index contributed by atoms with van der Waals surface area (Å²) in [5.74, 6) is 0.852. The molecule has 0 fully saturated rings. The third-order valence-corrected chi connectivity index (χ3v) is 3.09. The fourth-order valence-corrected chi connectivity index (χ4v) is 2.08. The Morgan fingerprint density at radius 2 is 2.44 bits per heavy atom. The number of benzene rings is 1. The van der Waals surface area contributed by atoms with E-state index in [0.29, 0.717) is 6.54 Å². The van der Waals surface area contributed by atoms with Gasteiger partial charge >= 0.3 is 0 Å². The van der Waals surface area contributed by atoms with Gasteiger partial charge in [-0.2, -0.15) is 0 Å². The van der Waals surface area contributed by atoms with Gasteiger partial charge in [0.1, 0.15) is 0 Å². The van der Waals surface area contributed by atoms with Crippen LogP contribution in [0.5, 0.6) is 0 Å². The predicted octanol–water partition coefficient (Wildman–Crippen LogP) is 1.97. The van der Waals surface area contributed by atoms with Crippen molar-refractivity contribution in [1.82, 2.24) is 10.6 Å². The normalized spacial score (nSPS) is 16.7. The molecule has 0 saturated carbocycles.